The van der Waals surface area contributed by atoms with E-state index in [0.29, 0.717) is 0 Å². The van der Waals surface area contributed by atoms with Gasteiger partial charge in [0.05, 0.1) is 31.6 Å². The van der Waals surface area contributed by atoms with Crippen LogP contribution in [0.1, 0.15) is 25.3 Å². The number of methoxy groups -OCH3 is 2. The number of nitrogens with one attached hydrogen (secondary N) is 1. The van der Waals surface area contributed by atoms with Crippen molar-refractivity contribution >= 4 is 11.7 Å². The average Bonchev–Trinajstić information content (AvgIpc) is 3.29. The van der Waals surface area contributed by atoms with Crippen LogP contribution in [0.3, 0.4) is 0 Å². The van der Waals surface area contributed by atoms with Gasteiger partial charge in [-0.2, -0.15) is 0 Å². The lowest BCUT2D eigenvalue weighted by atomic mass is 9.49. The summed E-state index contributed by atoms with van der Waals surface area (Å²) in [6.07, 6.45) is 3.96. The second kappa shape index (κ2) is 4.86. The molecule has 27 heavy (non-hydrogen) atoms. The minimum absolute atomic E-state index is 0.0326. The van der Waals surface area contributed by atoms with Crippen LogP contribution in [0.4, 0.5) is 5.69 Å². The molecule has 0 aromatic heterocycles. The van der Waals surface area contributed by atoms with Crippen molar-refractivity contribution in [1.82, 2.24) is 4.90 Å². The maximum atomic E-state index is 13.2. The van der Waals surface area contributed by atoms with Crippen molar-refractivity contribution in [3.05, 3.63) is 35.4 Å². The molecule has 1 N–H and O–H groups in total. The maximum Gasteiger partial charge on any atom is 0.310 e. The van der Waals surface area contributed by atoms with E-state index in [9.17, 15) is 4.79 Å². The normalized spacial score (nSPS) is 44.2. The number of allylic oxidation sites excluding steroid dienone is 1. The zero-order chi connectivity index (χ0) is 18.6. The molecule has 6 atom stereocenters. The largest absolute Gasteiger partial charge is 0.497 e. The predicted octanol–water partition coefficient (Wildman–Crippen LogP) is 2.25. The van der Waals surface area contributed by atoms with Gasteiger partial charge in [-0.1, -0.05) is 11.6 Å². The Morgan fingerprint density at radius 2 is 2.26 bits per heavy atom. The van der Waals surface area contributed by atoms with Gasteiger partial charge in [-0.25, -0.2) is 0 Å². The minimum atomic E-state index is -0.555. The summed E-state index contributed by atoms with van der Waals surface area (Å²) in [6, 6.07) is 6.39. The SMILES string of the molecule is C/C=C1/CN2[C@@H]3C[C@@]45c6cc(OC)ccc6N[C@]4(O3)[C@@H]2C[C@@H]1[C@@H]5C(=O)OC. The van der Waals surface area contributed by atoms with E-state index in [-0.39, 0.29) is 30.1 Å². The molecule has 4 bridgehead atoms. The quantitative estimate of drug-likeness (QED) is 0.638. The number of benzene rings is 1. The number of nitrogens with zero attached hydrogens (tertiary/aromatic N) is 1. The molecule has 4 aliphatic heterocycles. The summed E-state index contributed by atoms with van der Waals surface area (Å²) < 4.78 is 17.6. The molecule has 6 rings (SSSR count). The number of piperidine rings is 2. The topological polar surface area (TPSA) is 60.0 Å². The highest BCUT2D eigenvalue weighted by Gasteiger charge is 2.82. The van der Waals surface area contributed by atoms with E-state index in [1.807, 2.05) is 6.07 Å². The van der Waals surface area contributed by atoms with Gasteiger partial charge in [-0.3, -0.25) is 9.69 Å². The third-order valence-corrected chi connectivity index (χ3v) is 7.83. The molecule has 5 aliphatic rings. The third kappa shape index (κ3) is 1.53. The molecule has 1 aromatic carbocycles. The van der Waals surface area contributed by atoms with E-state index < -0.39 is 11.1 Å². The van der Waals surface area contributed by atoms with Crippen LogP contribution in [0.2, 0.25) is 0 Å². The fourth-order valence-electron chi connectivity index (χ4n) is 6.90. The second-order valence-electron chi connectivity index (χ2n) is 8.41. The lowest BCUT2D eigenvalue weighted by Gasteiger charge is -2.60. The number of hydrogen-bond donors (Lipinski definition) is 1. The van der Waals surface area contributed by atoms with E-state index in [2.05, 4.69) is 35.3 Å². The zero-order valence-electron chi connectivity index (χ0n) is 15.8. The number of esters is 1. The molecular weight excluding hydrogens is 344 g/mol. The monoisotopic (exact) mass is 368 g/mol. The fourth-order valence-corrected chi connectivity index (χ4v) is 6.90. The molecule has 6 nitrogen and oxygen atoms in total. The van der Waals surface area contributed by atoms with Gasteiger partial charge in [0, 0.05) is 18.7 Å². The van der Waals surface area contributed by atoms with E-state index >= 15 is 0 Å². The van der Waals surface area contributed by atoms with Crippen LogP contribution in [-0.2, 0) is 19.7 Å². The van der Waals surface area contributed by atoms with Gasteiger partial charge in [0.25, 0.3) is 0 Å². The highest BCUT2D eigenvalue weighted by atomic mass is 16.6. The average molecular weight is 368 g/mol. The number of fused-ring (bicyclic) bond motifs is 4. The number of carbonyl (C=O) groups excluding carboxylic acids is 1. The molecule has 1 aliphatic carbocycles. The summed E-state index contributed by atoms with van der Waals surface area (Å²) in [4.78, 5) is 15.7. The first kappa shape index (κ1) is 16.0. The van der Waals surface area contributed by atoms with E-state index in [1.54, 1.807) is 7.11 Å². The summed E-state index contributed by atoms with van der Waals surface area (Å²) in [6.45, 7) is 2.96. The Bertz CT molecular complexity index is 898. The first-order chi connectivity index (χ1) is 13.1. The molecular formula is C21H24N2O4. The van der Waals surface area contributed by atoms with Gasteiger partial charge in [-0.05, 0) is 43.0 Å². The molecule has 6 heteroatoms. The van der Waals surface area contributed by atoms with Crippen molar-refractivity contribution in [3.63, 3.8) is 0 Å². The van der Waals surface area contributed by atoms with Crippen molar-refractivity contribution in [2.45, 2.75) is 43.2 Å². The van der Waals surface area contributed by atoms with Gasteiger partial charge in [0.15, 0.2) is 5.72 Å². The van der Waals surface area contributed by atoms with Crippen molar-refractivity contribution in [3.8, 4) is 5.75 Å². The minimum Gasteiger partial charge on any atom is -0.497 e. The molecule has 3 saturated heterocycles. The van der Waals surface area contributed by atoms with Gasteiger partial charge >= 0.3 is 5.97 Å². The van der Waals surface area contributed by atoms with Crippen LogP contribution in [0, 0.1) is 11.8 Å². The van der Waals surface area contributed by atoms with Gasteiger partial charge < -0.3 is 19.5 Å². The Hall–Kier alpha value is -2.05. The smallest absolute Gasteiger partial charge is 0.310 e. The lowest BCUT2D eigenvalue weighted by molar-refractivity contribution is -0.161. The van der Waals surface area contributed by atoms with Crippen molar-refractivity contribution in [2.24, 2.45) is 11.8 Å². The fraction of sp³-hybridized carbons (Fsp3) is 0.571. The number of rotatable bonds is 2. The molecule has 4 fully saturated rings. The standard InChI is InChI=1S/C21H24N2O4/c1-4-11-10-23-16-8-13(11)18(19(24)26-3)20-9-17(23)27-21(16,20)22-15-6-5-12(25-2)7-14(15)20/h4-7,13,16-18,22H,8-10H2,1-3H3/b11-4-/t13-,16-,17-,18+,20-,21-/m0/s1. The van der Waals surface area contributed by atoms with Crippen LogP contribution < -0.4 is 10.1 Å². The predicted molar refractivity (Wildman–Crippen MR) is 98.4 cm³/mol. The summed E-state index contributed by atoms with van der Waals surface area (Å²) >= 11 is 0. The third-order valence-electron chi connectivity index (χ3n) is 7.83. The van der Waals surface area contributed by atoms with E-state index in [1.165, 1.54) is 12.7 Å². The second-order valence-corrected chi connectivity index (χ2v) is 8.41. The molecule has 0 amide bonds. The van der Waals surface area contributed by atoms with Crippen LogP contribution in [0.5, 0.6) is 5.75 Å². The van der Waals surface area contributed by atoms with Crippen LogP contribution in [0.25, 0.3) is 0 Å². The van der Waals surface area contributed by atoms with Crippen LogP contribution >= 0.6 is 0 Å². The molecule has 1 aromatic rings. The Morgan fingerprint density at radius 1 is 1.41 bits per heavy atom. The molecule has 4 heterocycles. The van der Waals surface area contributed by atoms with E-state index in [4.69, 9.17) is 14.2 Å². The van der Waals surface area contributed by atoms with Gasteiger partial charge in [0.1, 0.15) is 12.0 Å². The number of ether oxygens (including phenoxy) is 3. The van der Waals surface area contributed by atoms with Crippen LogP contribution in [-0.4, -0.2) is 49.6 Å². The van der Waals surface area contributed by atoms with Crippen molar-refractivity contribution in [2.75, 3.05) is 26.1 Å². The summed E-state index contributed by atoms with van der Waals surface area (Å²) in [5.74, 6) is 0.628. The molecule has 0 unspecified atom stereocenters. The molecule has 1 spiro atoms. The van der Waals surface area contributed by atoms with Crippen LogP contribution in [0.15, 0.2) is 29.8 Å². The van der Waals surface area contributed by atoms with Gasteiger partial charge in [0.2, 0.25) is 0 Å². The van der Waals surface area contributed by atoms with Crippen molar-refractivity contribution in [1.29, 1.82) is 0 Å². The van der Waals surface area contributed by atoms with Gasteiger partial charge in [-0.15, -0.1) is 0 Å². The summed E-state index contributed by atoms with van der Waals surface area (Å²) in [7, 11) is 3.19. The zero-order valence-corrected chi connectivity index (χ0v) is 15.8. The first-order valence-electron chi connectivity index (χ1n) is 9.73. The van der Waals surface area contributed by atoms with Crippen molar-refractivity contribution < 1.29 is 19.0 Å². The summed E-state index contributed by atoms with van der Waals surface area (Å²) in [5.41, 5.74) is 2.56. The Balaban J connectivity index is 1.65. The first-order valence-corrected chi connectivity index (χ1v) is 9.73. The highest BCUT2D eigenvalue weighted by Crippen LogP contribution is 2.72. The Labute approximate surface area is 158 Å². The molecule has 0 radical (unpaired) electrons. The molecule has 1 saturated carbocycles. The highest BCUT2D eigenvalue weighted by molar-refractivity contribution is 5.81. The maximum absolute atomic E-state index is 13.2. The summed E-state index contributed by atoms with van der Waals surface area (Å²) in [5, 5.41) is 3.73. The lowest BCUT2D eigenvalue weighted by Crippen LogP contribution is -2.73. The Morgan fingerprint density at radius 3 is 3.00 bits per heavy atom. The van der Waals surface area contributed by atoms with E-state index in [0.717, 1.165) is 36.4 Å². The Kier molecular flexibility index (Phi) is 2.87. The molecule has 142 valence electrons. The number of anilines is 1. The number of hydrogen-bond acceptors (Lipinski definition) is 6. The number of carbonyl (C=O) groups is 1.